The van der Waals surface area contributed by atoms with Gasteiger partial charge in [0.2, 0.25) is 0 Å². The van der Waals surface area contributed by atoms with E-state index < -0.39 is 11.8 Å². The van der Waals surface area contributed by atoms with Gasteiger partial charge in [-0.15, -0.1) is 0 Å². The number of nitrogens with zero attached hydrogens (tertiary/aromatic N) is 2. The predicted octanol–water partition coefficient (Wildman–Crippen LogP) is 3.56. The van der Waals surface area contributed by atoms with Crippen molar-refractivity contribution in [2.24, 2.45) is 5.92 Å². The van der Waals surface area contributed by atoms with Crippen LogP contribution in [0.2, 0.25) is 0 Å². The number of hydrogen-bond acceptors (Lipinski definition) is 4. The van der Waals surface area contributed by atoms with Crippen molar-refractivity contribution in [1.82, 2.24) is 15.1 Å². The van der Waals surface area contributed by atoms with Gasteiger partial charge in [-0.2, -0.15) is 16.9 Å². The zero-order chi connectivity index (χ0) is 19.7. The standard InChI is InChI=1S/C21H26N4O2S/c1-13-7-9-15(10-8-13)25-19(16-11-28-12-18(16)24-25)23-21(27)20(26)22-17-6-4-3-5-14(17)2/h7-10,14,17H,3-6,11-12H2,1-2H3,(H,22,26)(H,23,27)/t14-,17+/m1/s1. The van der Waals surface area contributed by atoms with Gasteiger partial charge in [0.1, 0.15) is 5.82 Å². The number of thioether (sulfide) groups is 1. The first-order valence-corrected chi connectivity index (χ1v) is 11.1. The summed E-state index contributed by atoms with van der Waals surface area (Å²) in [5.74, 6) is 1.45. The van der Waals surface area contributed by atoms with Crippen LogP contribution in [0.1, 0.15) is 49.4 Å². The fourth-order valence-electron chi connectivity index (χ4n) is 3.94. The average molecular weight is 399 g/mol. The molecule has 28 heavy (non-hydrogen) atoms. The number of anilines is 1. The number of aryl methyl sites for hydroxylation is 1. The summed E-state index contributed by atoms with van der Waals surface area (Å²) >= 11 is 1.77. The number of rotatable bonds is 3. The highest BCUT2D eigenvalue weighted by atomic mass is 32.2. The van der Waals surface area contributed by atoms with Gasteiger partial charge in [-0.05, 0) is 37.8 Å². The molecule has 2 amide bonds. The minimum absolute atomic E-state index is 0.0790. The van der Waals surface area contributed by atoms with Crippen molar-refractivity contribution < 1.29 is 9.59 Å². The first-order chi connectivity index (χ1) is 13.5. The minimum atomic E-state index is -0.620. The van der Waals surface area contributed by atoms with Gasteiger partial charge in [-0.3, -0.25) is 9.59 Å². The molecular formula is C21H26N4O2S. The topological polar surface area (TPSA) is 76.0 Å². The lowest BCUT2D eigenvalue weighted by atomic mass is 9.86. The maximum atomic E-state index is 12.7. The van der Waals surface area contributed by atoms with Crippen molar-refractivity contribution in [3.05, 3.63) is 41.1 Å². The Balaban J connectivity index is 1.54. The number of carbonyl (C=O) groups is 2. The molecule has 2 aliphatic rings. The zero-order valence-electron chi connectivity index (χ0n) is 16.3. The number of aromatic nitrogens is 2. The quantitative estimate of drug-likeness (QED) is 0.775. The highest BCUT2D eigenvalue weighted by Gasteiger charge is 2.29. The lowest BCUT2D eigenvalue weighted by Gasteiger charge is -2.29. The third-order valence-electron chi connectivity index (χ3n) is 5.70. The van der Waals surface area contributed by atoms with E-state index in [-0.39, 0.29) is 6.04 Å². The maximum Gasteiger partial charge on any atom is 0.314 e. The molecule has 1 saturated carbocycles. The maximum absolute atomic E-state index is 12.7. The average Bonchev–Trinajstić information content (AvgIpc) is 3.27. The van der Waals surface area contributed by atoms with Gasteiger partial charge in [-0.25, -0.2) is 4.68 Å². The molecular weight excluding hydrogens is 372 g/mol. The Hall–Kier alpha value is -2.28. The minimum Gasteiger partial charge on any atom is -0.345 e. The van der Waals surface area contributed by atoms with Crippen molar-refractivity contribution in [3.8, 4) is 5.69 Å². The van der Waals surface area contributed by atoms with Crippen LogP contribution in [0.5, 0.6) is 0 Å². The van der Waals surface area contributed by atoms with E-state index in [0.29, 0.717) is 11.7 Å². The molecule has 6 nitrogen and oxygen atoms in total. The summed E-state index contributed by atoms with van der Waals surface area (Å²) in [6.45, 7) is 4.17. The van der Waals surface area contributed by atoms with Crippen LogP contribution in [0.15, 0.2) is 24.3 Å². The molecule has 2 atom stereocenters. The summed E-state index contributed by atoms with van der Waals surface area (Å²) < 4.78 is 1.75. The smallest absolute Gasteiger partial charge is 0.314 e. The molecule has 2 N–H and O–H groups in total. The third kappa shape index (κ3) is 3.81. The van der Waals surface area contributed by atoms with Crippen molar-refractivity contribution in [2.45, 2.75) is 57.1 Å². The van der Waals surface area contributed by atoms with Gasteiger partial charge < -0.3 is 10.6 Å². The molecule has 0 spiro atoms. The van der Waals surface area contributed by atoms with Crippen molar-refractivity contribution in [3.63, 3.8) is 0 Å². The van der Waals surface area contributed by atoms with Crippen molar-refractivity contribution >= 4 is 29.4 Å². The summed E-state index contributed by atoms with van der Waals surface area (Å²) in [4.78, 5) is 25.2. The first-order valence-electron chi connectivity index (χ1n) is 9.90. The molecule has 1 aliphatic heterocycles. The summed E-state index contributed by atoms with van der Waals surface area (Å²) in [6, 6.07) is 8.06. The Morgan fingerprint density at radius 2 is 1.86 bits per heavy atom. The van der Waals surface area contributed by atoms with Gasteiger partial charge in [0.15, 0.2) is 0 Å². The van der Waals surface area contributed by atoms with Crippen molar-refractivity contribution in [2.75, 3.05) is 5.32 Å². The molecule has 0 radical (unpaired) electrons. The number of nitrogens with one attached hydrogen (secondary N) is 2. The Morgan fingerprint density at radius 1 is 1.11 bits per heavy atom. The van der Waals surface area contributed by atoms with E-state index in [1.165, 1.54) is 6.42 Å². The van der Waals surface area contributed by atoms with Gasteiger partial charge in [0, 0.05) is 23.1 Å². The van der Waals surface area contributed by atoms with E-state index in [1.807, 2.05) is 31.2 Å². The van der Waals surface area contributed by atoms with Crippen LogP contribution in [0.4, 0.5) is 5.82 Å². The monoisotopic (exact) mass is 398 g/mol. The summed E-state index contributed by atoms with van der Waals surface area (Å²) in [5, 5.41) is 10.5. The van der Waals surface area contributed by atoms with Crippen LogP contribution in [0, 0.1) is 12.8 Å². The Morgan fingerprint density at radius 3 is 2.61 bits per heavy atom. The van der Waals surface area contributed by atoms with Crippen LogP contribution >= 0.6 is 11.8 Å². The fourth-order valence-corrected chi connectivity index (χ4v) is 4.98. The molecule has 4 rings (SSSR count). The molecule has 1 fully saturated rings. The molecule has 1 aromatic heterocycles. The van der Waals surface area contributed by atoms with E-state index in [0.717, 1.165) is 53.3 Å². The van der Waals surface area contributed by atoms with E-state index in [9.17, 15) is 9.59 Å². The first kappa shape index (κ1) is 19.1. The van der Waals surface area contributed by atoms with E-state index in [2.05, 4.69) is 22.7 Å². The summed E-state index contributed by atoms with van der Waals surface area (Å²) in [5.41, 5.74) is 4.02. The molecule has 0 unspecified atom stereocenters. The molecule has 2 heterocycles. The fraction of sp³-hybridized carbons (Fsp3) is 0.476. The second-order valence-corrected chi connectivity index (χ2v) is 8.80. The second-order valence-electron chi connectivity index (χ2n) is 7.81. The molecule has 1 aromatic carbocycles. The van der Waals surface area contributed by atoms with Gasteiger partial charge in [0.25, 0.3) is 0 Å². The molecule has 1 aliphatic carbocycles. The van der Waals surface area contributed by atoms with Crippen LogP contribution in [0.3, 0.4) is 0 Å². The Labute approximate surface area is 169 Å². The molecule has 148 valence electrons. The third-order valence-corrected chi connectivity index (χ3v) is 6.67. The van der Waals surface area contributed by atoms with Crippen LogP contribution in [-0.4, -0.2) is 27.6 Å². The number of amides is 2. The summed E-state index contributed by atoms with van der Waals surface area (Å²) in [6.07, 6.45) is 4.33. The summed E-state index contributed by atoms with van der Waals surface area (Å²) in [7, 11) is 0. The van der Waals surface area contributed by atoms with Crippen LogP contribution in [0.25, 0.3) is 5.69 Å². The number of hydrogen-bond donors (Lipinski definition) is 2. The number of fused-ring (bicyclic) bond motifs is 1. The van der Waals surface area contributed by atoms with Crippen molar-refractivity contribution in [1.29, 1.82) is 0 Å². The lowest BCUT2D eigenvalue weighted by molar-refractivity contribution is -0.137. The number of benzene rings is 1. The highest BCUT2D eigenvalue weighted by molar-refractivity contribution is 7.98. The van der Waals surface area contributed by atoms with Gasteiger partial charge in [-0.1, -0.05) is 37.5 Å². The van der Waals surface area contributed by atoms with E-state index >= 15 is 0 Å². The Kier molecular flexibility index (Phi) is 5.44. The SMILES string of the molecule is Cc1ccc(-n2nc3c(c2NC(=O)C(=O)N[C@H]2CCCC[C@H]2C)CSC3)cc1. The van der Waals surface area contributed by atoms with E-state index in [4.69, 9.17) is 0 Å². The van der Waals surface area contributed by atoms with Crippen LogP contribution < -0.4 is 10.6 Å². The van der Waals surface area contributed by atoms with Gasteiger partial charge >= 0.3 is 11.8 Å². The molecule has 0 saturated heterocycles. The van der Waals surface area contributed by atoms with Crippen LogP contribution in [-0.2, 0) is 21.1 Å². The highest BCUT2D eigenvalue weighted by Crippen LogP contribution is 2.36. The molecule has 0 bridgehead atoms. The number of carbonyl (C=O) groups excluding carboxylic acids is 2. The van der Waals surface area contributed by atoms with Gasteiger partial charge in [0.05, 0.1) is 11.4 Å². The zero-order valence-corrected chi connectivity index (χ0v) is 17.1. The normalized spacial score (nSPS) is 21.2. The lowest BCUT2D eigenvalue weighted by Crippen LogP contribution is -2.46. The predicted molar refractivity (Wildman–Crippen MR) is 111 cm³/mol. The largest absolute Gasteiger partial charge is 0.345 e. The second kappa shape index (κ2) is 7.99. The molecule has 2 aromatic rings. The van der Waals surface area contributed by atoms with E-state index in [1.54, 1.807) is 16.4 Å². The Bertz CT molecular complexity index is 891. The molecule has 7 heteroatoms.